The summed E-state index contributed by atoms with van der Waals surface area (Å²) < 4.78 is 1.84. The minimum Gasteiger partial charge on any atom is -0.361 e. The first-order valence-corrected chi connectivity index (χ1v) is 8.73. The summed E-state index contributed by atoms with van der Waals surface area (Å²) in [5.74, 6) is 0.853. The van der Waals surface area contributed by atoms with Crippen LogP contribution in [0.1, 0.15) is 17.5 Å². The topological polar surface area (TPSA) is 70.0 Å². The molecule has 6 heteroatoms. The first-order valence-electron chi connectivity index (χ1n) is 8.73. The van der Waals surface area contributed by atoms with Gasteiger partial charge in [0.25, 0.3) is 0 Å². The van der Waals surface area contributed by atoms with Crippen LogP contribution in [0.25, 0.3) is 10.9 Å². The van der Waals surface area contributed by atoms with Crippen LogP contribution in [-0.4, -0.2) is 40.9 Å². The van der Waals surface area contributed by atoms with Crippen LogP contribution in [-0.2, 0) is 19.9 Å². The third kappa shape index (κ3) is 4.62. The predicted octanol–water partition coefficient (Wildman–Crippen LogP) is 2.24. The van der Waals surface area contributed by atoms with Gasteiger partial charge in [-0.2, -0.15) is 5.10 Å². The number of benzene rings is 1. The molecule has 0 spiro atoms. The number of para-hydroxylation sites is 1. The number of aromatic amines is 1. The molecular formula is C19H26N6. The van der Waals surface area contributed by atoms with E-state index in [9.17, 15) is 0 Å². The van der Waals surface area contributed by atoms with E-state index in [1.54, 1.807) is 0 Å². The van der Waals surface area contributed by atoms with E-state index in [-0.39, 0.29) is 0 Å². The van der Waals surface area contributed by atoms with Crippen molar-refractivity contribution < 1.29 is 0 Å². The summed E-state index contributed by atoms with van der Waals surface area (Å²) in [6.07, 6.45) is 9.11. The zero-order valence-electron chi connectivity index (χ0n) is 14.9. The Morgan fingerprint density at radius 2 is 2.04 bits per heavy atom. The number of hydrogen-bond donors (Lipinski definition) is 3. The lowest BCUT2D eigenvalue weighted by Crippen LogP contribution is -2.38. The molecule has 3 rings (SSSR count). The molecule has 2 aromatic heterocycles. The minimum absolute atomic E-state index is 0.851. The first-order chi connectivity index (χ1) is 12.3. The van der Waals surface area contributed by atoms with E-state index in [2.05, 4.69) is 62.4 Å². The van der Waals surface area contributed by atoms with Gasteiger partial charge < -0.3 is 15.6 Å². The average molecular weight is 338 g/mol. The number of H-pyrrole nitrogens is 1. The zero-order chi connectivity index (χ0) is 17.5. The van der Waals surface area contributed by atoms with Gasteiger partial charge in [0.05, 0.1) is 6.20 Å². The second-order valence-electron chi connectivity index (χ2n) is 6.16. The molecule has 0 fully saturated rings. The smallest absolute Gasteiger partial charge is 0.190 e. The van der Waals surface area contributed by atoms with Gasteiger partial charge in [0.2, 0.25) is 0 Å². The van der Waals surface area contributed by atoms with Crippen molar-refractivity contribution >= 4 is 16.9 Å². The molecule has 132 valence electrons. The second kappa shape index (κ2) is 8.37. The fraction of sp³-hybridized carbons (Fsp3) is 0.368. The van der Waals surface area contributed by atoms with Gasteiger partial charge in [-0.15, -0.1) is 0 Å². The van der Waals surface area contributed by atoms with Gasteiger partial charge in [0, 0.05) is 50.5 Å². The van der Waals surface area contributed by atoms with Crippen LogP contribution in [0.3, 0.4) is 0 Å². The van der Waals surface area contributed by atoms with Gasteiger partial charge in [0.1, 0.15) is 0 Å². The molecule has 0 bridgehead atoms. The van der Waals surface area contributed by atoms with Gasteiger partial charge in [-0.05, 0) is 36.5 Å². The molecule has 0 radical (unpaired) electrons. The quantitative estimate of drug-likeness (QED) is 0.351. The van der Waals surface area contributed by atoms with E-state index < -0.39 is 0 Å². The lowest BCUT2D eigenvalue weighted by atomic mass is 10.1. The van der Waals surface area contributed by atoms with Crippen molar-refractivity contribution in [2.24, 2.45) is 12.0 Å². The summed E-state index contributed by atoms with van der Waals surface area (Å²) in [6, 6.07) is 8.40. The van der Waals surface area contributed by atoms with Crippen LogP contribution in [0.5, 0.6) is 0 Å². The van der Waals surface area contributed by atoms with Crippen LogP contribution in [0, 0.1) is 0 Å². The number of aromatic nitrogens is 3. The van der Waals surface area contributed by atoms with Crippen molar-refractivity contribution in [3.05, 3.63) is 54.0 Å². The number of hydrogen-bond acceptors (Lipinski definition) is 2. The molecule has 3 aromatic rings. The highest BCUT2D eigenvalue weighted by molar-refractivity contribution is 5.83. The number of nitrogens with zero attached hydrogens (tertiary/aromatic N) is 3. The van der Waals surface area contributed by atoms with Crippen LogP contribution in [0.2, 0.25) is 0 Å². The molecule has 0 amide bonds. The maximum Gasteiger partial charge on any atom is 0.190 e. The van der Waals surface area contributed by atoms with Crippen LogP contribution >= 0.6 is 0 Å². The Labute approximate surface area is 148 Å². The molecule has 2 heterocycles. The number of rotatable bonds is 7. The van der Waals surface area contributed by atoms with Gasteiger partial charge in [-0.1, -0.05) is 18.2 Å². The zero-order valence-corrected chi connectivity index (χ0v) is 14.9. The number of aryl methyl sites for hydroxylation is 2. The lowest BCUT2D eigenvalue weighted by Gasteiger charge is -2.11. The Bertz CT molecular complexity index is 829. The fourth-order valence-corrected chi connectivity index (χ4v) is 2.97. The molecule has 0 saturated heterocycles. The highest BCUT2D eigenvalue weighted by atomic mass is 15.2. The highest BCUT2D eigenvalue weighted by Crippen LogP contribution is 2.17. The minimum atomic E-state index is 0.851. The predicted molar refractivity (Wildman–Crippen MR) is 103 cm³/mol. The third-order valence-corrected chi connectivity index (χ3v) is 4.28. The molecule has 6 nitrogen and oxygen atoms in total. The van der Waals surface area contributed by atoms with E-state index in [1.165, 1.54) is 22.0 Å². The van der Waals surface area contributed by atoms with Crippen molar-refractivity contribution in [3.8, 4) is 0 Å². The van der Waals surface area contributed by atoms with Crippen LogP contribution in [0.4, 0.5) is 0 Å². The van der Waals surface area contributed by atoms with Crippen LogP contribution < -0.4 is 10.6 Å². The van der Waals surface area contributed by atoms with Gasteiger partial charge in [-0.3, -0.25) is 9.67 Å². The van der Waals surface area contributed by atoms with Crippen molar-refractivity contribution in [1.82, 2.24) is 25.4 Å². The third-order valence-electron chi connectivity index (χ3n) is 4.28. The first kappa shape index (κ1) is 17.1. The normalized spacial score (nSPS) is 11.8. The molecule has 1 aromatic carbocycles. The maximum absolute atomic E-state index is 4.29. The van der Waals surface area contributed by atoms with E-state index in [4.69, 9.17) is 0 Å². The Balaban J connectivity index is 1.39. The Kier molecular flexibility index (Phi) is 5.72. The Hall–Kier alpha value is -2.76. The van der Waals surface area contributed by atoms with E-state index in [1.807, 2.05) is 25.0 Å². The average Bonchev–Trinajstić information content (AvgIpc) is 3.23. The van der Waals surface area contributed by atoms with Gasteiger partial charge >= 0.3 is 0 Å². The van der Waals surface area contributed by atoms with E-state index in [0.717, 1.165) is 38.3 Å². The van der Waals surface area contributed by atoms with Gasteiger partial charge in [-0.25, -0.2) is 0 Å². The number of fused-ring (bicyclic) bond motifs is 1. The largest absolute Gasteiger partial charge is 0.361 e. The molecule has 0 aliphatic heterocycles. The fourth-order valence-electron chi connectivity index (χ4n) is 2.97. The van der Waals surface area contributed by atoms with Crippen molar-refractivity contribution in [3.63, 3.8) is 0 Å². The Morgan fingerprint density at radius 3 is 2.84 bits per heavy atom. The maximum atomic E-state index is 4.29. The van der Waals surface area contributed by atoms with E-state index in [0.29, 0.717) is 0 Å². The van der Waals surface area contributed by atoms with Crippen LogP contribution in [0.15, 0.2) is 47.8 Å². The van der Waals surface area contributed by atoms with Crippen molar-refractivity contribution in [2.45, 2.75) is 19.3 Å². The van der Waals surface area contributed by atoms with Crippen molar-refractivity contribution in [1.29, 1.82) is 0 Å². The molecule has 0 aliphatic carbocycles. The molecule has 0 saturated carbocycles. The van der Waals surface area contributed by atoms with E-state index >= 15 is 0 Å². The number of guanidine groups is 1. The molecule has 3 N–H and O–H groups in total. The molecular weight excluding hydrogens is 312 g/mol. The molecule has 0 aliphatic rings. The SMILES string of the molecule is CN=C(NCCCc1cnn(C)c1)NCCc1c[nH]c2ccccc12. The highest BCUT2D eigenvalue weighted by Gasteiger charge is 2.03. The van der Waals surface area contributed by atoms with Gasteiger partial charge in [0.15, 0.2) is 5.96 Å². The monoisotopic (exact) mass is 338 g/mol. The Morgan fingerprint density at radius 1 is 1.20 bits per heavy atom. The summed E-state index contributed by atoms with van der Waals surface area (Å²) in [7, 11) is 3.75. The standard InChI is InChI=1S/C19H26N6/c1-20-19(21-10-5-6-15-12-24-25(2)14-15)22-11-9-16-13-23-18-8-4-3-7-17(16)18/h3-4,7-8,12-14,23H,5-6,9-11H2,1-2H3,(H2,20,21,22). The summed E-state index contributed by atoms with van der Waals surface area (Å²) in [5.41, 5.74) is 3.79. The summed E-state index contributed by atoms with van der Waals surface area (Å²) in [6.45, 7) is 1.74. The molecule has 25 heavy (non-hydrogen) atoms. The number of aliphatic imine (C=N–C) groups is 1. The summed E-state index contributed by atoms with van der Waals surface area (Å²) >= 11 is 0. The molecule has 0 unspecified atom stereocenters. The van der Waals surface area contributed by atoms with Crippen molar-refractivity contribution in [2.75, 3.05) is 20.1 Å². The number of nitrogens with one attached hydrogen (secondary N) is 3. The summed E-state index contributed by atoms with van der Waals surface area (Å²) in [4.78, 5) is 7.61. The second-order valence-corrected chi connectivity index (χ2v) is 6.16. The lowest BCUT2D eigenvalue weighted by molar-refractivity contribution is 0.737. The summed E-state index contributed by atoms with van der Waals surface area (Å²) in [5, 5.41) is 12.2. The molecule has 0 atom stereocenters.